The molecule has 1 aromatic rings. The number of amides is 1. The molecule has 0 bridgehead atoms. The van der Waals surface area contributed by atoms with Crippen molar-refractivity contribution < 1.29 is 4.79 Å². The lowest BCUT2D eigenvalue weighted by Crippen LogP contribution is -2.35. The number of carbonyl (C=O) groups is 1. The van der Waals surface area contributed by atoms with Gasteiger partial charge in [-0.1, -0.05) is 45.2 Å². The summed E-state index contributed by atoms with van der Waals surface area (Å²) in [5, 5.41) is 11.9. The highest BCUT2D eigenvalue weighted by Gasteiger charge is 2.11. The number of nitrogens with one attached hydrogen (secondary N) is 1. The molecule has 1 amide bonds. The molecule has 3 nitrogen and oxygen atoms in total. The first-order valence-electron chi connectivity index (χ1n) is 7.48. The van der Waals surface area contributed by atoms with E-state index in [9.17, 15) is 4.79 Å². The zero-order valence-corrected chi connectivity index (χ0v) is 12.5. The average Bonchev–Trinajstić information content (AvgIpc) is 2.45. The van der Waals surface area contributed by atoms with Crippen LogP contribution in [0.5, 0.6) is 0 Å². The van der Waals surface area contributed by atoms with Crippen LogP contribution in [0.25, 0.3) is 0 Å². The van der Waals surface area contributed by atoms with Crippen molar-refractivity contribution in [1.29, 1.82) is 5.26 Å². The SMILES string of the molecule is CCCCC(CCC)NC(=O)Cc1ccc(C#N)cc1. The van der Waals surface area contributed by atoms with E-state index in [4.69, 9.17) is 5.26 Å². The van der Waals surface area contributed by atoms with Gasteiger partial charge in [0.05, 0.1) is 18.1 Å². The molecule has 1 atom stereocenters. The second kappa shape index (κ2) is 9.14. The minimum Gasteiger partial charge on any atom is -0.353 e. The van der Waals surface area contributed by atoms with Crippen LogP contribution >= 0.6 is 0 Å². The van der Waals surface area contributed by atoms with Gasteiger partial charge in [-0.2, -0.15) is 5.26 Å². The summed E-state index contributed by atoms with van der Waals surface area (Å²) in [6, 6.07) is 9.57. The fourth-order valence-corrected chi connectivity index (χ4v) is 2.25. The lowest BCUT2D eigenvalue weighted by molar-refractivity contribution is -0.121. The zero-order valence-electron chi connectivity index (χ0n) is 12.5. The number of nitriles is 1. The number of benzene rings is 1. The Morgan fingerprint density at radius 2 is 1.90 bits per heavy atom. The molecule has 1 unspecified atom stereocenters. The molecule has 0 saturated heterocycles. The highest BCUT2D eigenvalue weighted by molar-refractivity contribution is 5.78. The van der Waals surface area contributed by atoms with Crippen molar-refractivity contribution in [3.63, 3.8) is 0 Å². The summed E-state index contributed by atoms with van der Waals surface area (Å²) < 4.78 is 0. The van der Waals surface area contributed by atoms with Gasteiger partial charge in [-0.3, -0.25) is 4.79 Å². The Kier molecular flexibility index (Phi) is 7.42. The average molecular weight is 272 g/mol. The summed E-state index contributed by atoms with van der Waals surface area (Å²) in [6.45, 7) is 4.31. The van der Waals surface area contributed by atoms with Crippen molar-refractivity contribution in [2.45, 2.75) is 58.4 Å². The molecule has 0 aliphatic heterocycles. The summed E-state index contributed by atoms with van der Waals surface area (Å²) in [7, 11) is 0. The van der Waals surface area contributed by atoms with Gasteiger partial charge in [0.1, 0.15) is 0 Å². The maximum Gasteiger partial charge on any atom is 0.224 e. The molecule has 1 rings (SSSR count). The Morgan fingerprint density at radius 3 is 2.45 bits per heavy atom. The fourth-order valence-electron chi connectivity index (χ4n) is 2.25. The maximum absolute atomic E-state index is 12.0. The van der Waals surface area contributed by atoms with E-state index in [0.29, 0.717) is 18.0 Å². The summed E-state index contributed by atoms with van der Waals surface area (Å²) in [4.78, 5) is 12.0. The van der Waals surface area contributed by atoms with E-state index in [1.807, 2.05) is 12.1 Å². The van der Waals surface area contributed by atoms with Crippen LogP contribution in [0.1, 0.15) is 57.1 Å². The third kappa shape index (κ3) is 5.88. The van der Waals surface area contributed by atoms with Crippen LogP contribution in [0.15, 0.2) is 24.3 Å². The molecule has 0 aromatic heterocycles. The van der Waals surface area contributed by atoms with E-state index in [2.05, 4.69) is 25.2 Å². The van der Waals surface area contributed by atoms with Gasteiger partial charge in [0.2, 0.25) is 5.91 Å². The van der Waals surface area contributed by atoms with Crippen LogP contribution in [0.3, 0.4) is 0 Å². The first-order chi connectivity index (χ1) is 9.69. The van der Waals surface area contributed by atoms with Gasteiger partial charge < -0.3 is 5.32 Å². The quantitative estimate of drug-likeness (QED) is 0.786. The van der Waals surface area contributed by atoms with E-state index in [-0.39, 0.29) is 5.91 Å². The monoisotopic (exact) mass is 272 g/mol. The van der Waals surface area contributed by atoms with Gasteiger partial charge in [0.15, 0.2) is 0 Å². The molecule has 1 aromatic carbocycles. The largest absolute Gasteiger partial charge is 0.353 e. The van der Waals surface area contributed by atoms with Gasteiger partial charge in [-0.05, 0) is 30.5 Å². The van der Waals surface area contributed by atoms with Gasteiger partial charge in [0.25, 0.3) is 0 Å². The molecular weight excluding hydrogens is 248 g/mol. The molecule has 0 fully saturated rings. The molecule has 0 spiro atoms. The third-order valence-corrected chi connectivity index (χ3v) is 3.36. The summed E-state index contributed by atoms with van der Waals surface area (Å²) in [6.07, 6.45) is 5.89. The van der Waals surface area contributed by atoms with Crippen molar-refractivity contribution in [3.05, 3.63) is 35.4 Å². The molecule has 108 valence electrons. The molecule has 0 aliphatic carbocycles. The number of unbranched alkanes of at least 4 members (excludes halogenated alkanes) is 1. The second-order valence-electron chi connectivity index (χ2n) is 5.18. The van der Waals surface area contributed by atoms with E-state index in [1.54, 1.807) is 12.1 Å². The lowest BCUT2D eigenvalue weighted by atomic mass is 10.0. The molecule has 3 heteroatoms. The summed E-state index contributed by atoms with van der Waals surface area (Å²) >= 11 is 0. The summed E-state index contributed by atoms with van der Waals surface area (Å²) in [5.74, 6) is 0.0734. The van der Waals surface area contributed by atoms with Crippen molar-refractivity contribution in [2.24, 2.45) is 0 Å². The van der Waals surface area contributed by atoms with Crippen molar-refractivity contribution in [1.82, 2.24) is 5.32 Å². The van der Waals surface area contributed by atoms with Gasteiger partial charge >= 0.3 is 0 Å². The normalized spacial score (nSPS) is 11.7. The van der Waals surface area contributed by atoms with Crippen molar-refractivity contribution in [2.75, 3.05) is 0 Å². The van der Waals surface area contributed by atoms with E-state index in [0.717, 1.165) is 37.7 Å². The number of nitrogens with zero attached hydrogens (tertiary/aromatic N) is 1. The summed E-state index contributed by atoms with van der Waals surface area (Å²) in [5.41, 5.74) is 1.58. The van der Waals surface area contributed by atoms with E-state index < -0.39 is 0 Å². The van der Waals surface area contributed by atoms with Crippen LogP contribution in [0.4, 0.5) is 0 Å². The van der Waals surface area contributed by atoms with Crippen molar-refractivity contribution >= 4 is 5.91 Å². The smallest absolute Gasteiger partial charge is 0.224 e. The number of hydrogen-bond acceptors (Lipinski definition) is 2. The maximum atomic E-state index is 12.0. The molecule has 20 heavy (non-hydrogen) atoms. The predicted molar refractivity (Wildman–Crippen MR) is 81.2 cm³/mol. The molecule has 0 saturated carbocycles. The van der Waals surface area contributed by atoms with Crippen LogP contribution in [0, 0.1) is 11.3 Å². The molecule has 0 heterocycles. The van der Waals surface area contributed by atoms with Crippen LogP contribution in [0.2, 0.25) is 0 Å². The van der Waals surface area contributed by atoms with Crippen LogP contribution in [-0.2, 0) is 11.2 Å². The Bertz CT molecular complexity index is 445. The number of carbonyl (C=O) groups excluding carboxylic acids is 1. The zero-order chi connectivity index (χ0) is 14.8. The Balaban J connectivity index is 2.49. The molecule has 0 aliphatic rings. The lowest BCUT2D eigenvalue weighted by Gasteiger charge is -2.17. The van der Waals surface area contributed by atoms with Gasteiger partial charge in [-0.25, -0.2) is 0 Å². The predicted octanol–water partition coefficient (Wildman–Crippen LogP) is 3.58. The highest BCUT2D eigenvalue weighted by Crippen LogP contribution is 2.08. The standard InChI is InChI=1S/C17H24N2O/c1-3-5-7-16(6-4-2)19-17(20)12-14-8-10-15(13-18)11-9-14/h8-11,16H,3-7,12H2,1-2H3,(H,19,20). The van der Waals surface area contributed by atoms with Gasteiger partial charge in [0, 0.05) is 6.04 Å². The molecule has 0 radical (unpaired) electrons. The van der Waals surface area contributed by atoms with E-state index in [1.165, 1.54) is 0 Å². The minimum absolute atomic E-state index is 0.0734. The van der Waals surface area contributed by atoms with Gasteiger partial charge in [-0.15, -0.1) is 0 Å². The topological polar surface area (TPSA) is 52.9 Å². The Morgan fingerprint density at radius 1 is 1.20 bits per heavy atom. The Labute approximate surface area is 122 Å². The Hall–Kier alpha value is -1.82. The van der Waals surface area contributed by atoms with E-state index >= 15 is 0 Å². The minimum atomic E-state index is 0.0734. The number of hydrogen-bond donors (Lipinski definition) is 1. The molecule has 1 N–H and O–H groups in total. The highest BCUT2D eigenvalue weighted by atomic mass is 16.1. The third-order valence-electron chi connectivity index (χ3n) is 3.36. The van der Waals surface area contributed by atoms with Crippen LogP contribution in [-0.4, -0.2) is 11.9 Å². The second-order valence-corrected chi connectivity index (χ2v) is 5.18. The first kappa shape index (κ1) is 16.2. The van der Waals surface area contributed by atoms with Crippen LogP contribution < -0.4 is 5.32 Å². The molecular formula is C17H24N2O. The number of rotatable bonds is 8. The fraction of sp³-hybridized carbons (Fsp3) is 0.529. The van der Waals surface area contributed by atoms with Crippen molar-refractivity contribution in [3.8, 4) is 6.07 Å². The first-order valence-corrected chi connectivity index (χ1v) is 7.48.